The Morgan fingerprint density at radius 1 is 1.07 bits per heavy atom. The van der Waals surface area contributed by atoms with E-state index in [0.29, 0.717) is 17.9 Å². The monoisotopic (exact) mass is 405 g/mol. The summed E-state index contributed by atoms with van der Waals surface area (Å²) >= 11 is 1.46. The summed E-state index contributed by atoms with van der Waals surface area (Å²) in [6.07, 6.45) is 0.362. The van der Waals surface area contributed by atoms with Crippen molar-refractivity contribution in [3.63, 3.8) is 0 Å². The first-order valence-electron chi connectivity index (χ1n) is 9.04. The summed E-state index contributed by atoms with van der Waals surface area (Å²) < 4.78 is 0. The first-order chi connectivity index (χ1) is 14.0. The molecule has 2 aromatic carbocycles. The van der Waals surface area contributed by atoms with Crippen molar-refractivity contribution in [2.45, 2.75) is 13.3 Å². The van der Waals surface area contributed by atoms with Crippen LogP contribution in [0.25, 0.3) is 10.6 Å². The largest absolute Gasteiger partial charge is 0.505 e. The molecule has 0 fully saturated rings. The fraction of sp³-hybridized carbons (Fsp3) is 0.0909. The molecule has 2 heterocycles. The van der Waals surface area contributed by atoms with Gasteiger partial charge in [0.15, 0.2) is 5.75 Å². The number of aromatic nitrogens is 2. The molecule has 4 N–H and O–H groups in total. The lowest BCUT2D eigenvalue weighted by Crippen LogP contribution is -2.12. The van der Waals surface area contributed by atoms with Gasteiger partial charge >= 0.3 is 0 Å². The molecule has 7 heteroatoms. The molecular weight excluding hydrogens is 386 g/mol. The number of nitrogens with one attached hydrogen (secondary N) is 2. The molecule has 0 spiro atoms. The number of nitrogens with zero attached hydrogens (tertiary/aromatic N) is 1. The molecule has 0 saturated heterocycles. The van der Waals surface area contributed by atoms with Crippen molar-refractivity contribution >= 4 is 23.1 Å². The van der Waals surface area contributed by atoms with Crippen LogP contribution in [0.15, 0.2) is 60.7 Å². The van der Waals surface area contributed by atoms with E-state index >= 15 is 0 Å². The van der Waals surface area contributed by atoms with Gasteiger partial charge in [0, 0.05) is 16.9 Å². The Bertz CT molecular complexity index is 1150. The maximum Gasteiger partial charge on any atom is 0.266 e. The molecule has 146 valence electrons. The number of carbonyl (C=O) groups is 1. The molecule has 0 aliphatic rings. The average Bonchev–Trinajstić information content (AvgIpc) is 3.22. The van der Waals surface area contributed by atoms with Crippen LogP contribution in [0.1, 0.15) is 26.5 Å². The number of rotatable bonds is 5. The van der Waals surface area contributed by atoms with Crippen molar-refractivity contribution in [1.29, 1.82) is 0 Å². The highest BCUT2D eigenvalue weighted by molar-refractivity contribution is 7.15. The minimum atomic E-state index is -0.622. The van der Waals surface area contributed by atoms with Gasteiger partial charge in [0.05, 0.1) is 5.69 Å². The fourth-order valence-corrected chi connectivity index (χ4v) is 3.93. The van der Waals surface area contributed by atoms with Crippen LogP contribution >= 0.6 is 11.3 Å². The molecule has 0 bridgehead atoms. The highest BCUT2D eigenvalue weighted by Crippen LogP contribution is 2.34. The van der Waals surface area contributed by atoms with Crippen molar-refractivity contribution < 1.29 is 15.0 Å². The molecular formula is C22H19N3O3S. The normalized spacial score (nSPS) is 10.8. The lowest BCUT2D eigenvalue weighted by Gasteiger charge is -2.03. The van der Waals surface area contributed by atoms with Crippen molar-refractivity contribution in [3.8, 4) is 22.2 Å². The van der Waals surface area contributed by atoms with Gasteiger partial charge in [0.25, 0.3) is 5.91 Å². The van der Waals surface area contributed by atoms with E-state index in [2.05, 4.69) is 15.3 Å². The van der Waals surface area contributed by atoms with Gasteiger partial charge in [-0.05, 0) is 12.5 Å². The summed E-state index contributed by atoms with van der Waals surface area (Å²) in [5.74, 6) is -0.853. The van der Waals surface area contributed by atoms with Crippen LogP contribution in [0, 0.1) is 6.92 Å². The lowest BCUT2D eigenvalue weighted by atomic mass is 10.1. The van der Waals surface area contributed by atoms with E-state index in [1.54, 1.807) is 0 Å². The number of H-pyrrole nitrogens is 1. The van der Waals surface area contributed by atoms with E-state index in [4.69, 9.17) is 0 Å². The number of amides is 1. The molecule has 0 radical (unpaired) electrons. The minimum absolute atomic E-state index is 0.190. The molecule has 2 aromatic heterocycles. The third-order valence-electron chi connectivity index (χ3n) is 4.53. The first-order valence-corrected chi connectivity index (χ1v) is 9.85. The Morgan fingerprint density at radius 3 is 2.41 bits per heavy atom. The Labute approximate surface area is 171 Å². The van der Waals surface area contributed by atoms with E-state index in [-0.39, 0.29) is 17.2 Å². The number of anilines is 1. The van der Waals surface area contributed by atoms with Crippen LogP contribution in [0.2, 0.25) is 0 Å². The van der Waals surface area contributed by atoms with Gasteiger partial charge in [0.1, 0.15) is 16.4 Å². The Morgan fingerprint density at radius 2 is 1.72 bits per heavy atom. The smallest absolute Gasteiger partial charge is 0.266 e. The van der Waals surface area contributed by atoms with Gasteiger partial charge in [-0.2, -0.15) is 0 Å². The van der Waals surface area contributed by atoms with Crippen molar-refractivity contribution in [2.75, 3.05) is 5.32 Å². The topological polar surface area (TPSA) is 98.2 Å². The Balaban J connectivity index is 1.57. The third-order valence-corrected chi connectivity index (χ3v) is 5.55. The summed E-state index contributed by atoms with van der Waals surface area (Å²) in [5, 5.41) is 24.2. The predicted molar refractivity (Wildman–Crippen MR) is 114 cm³/mol. The van der Waals surface area contributed by atoms with Crippen LogP contribution in [0.3, 0.4) is 0 Å². The van der Waals surface area contributed by atoms with Crippen molar-refractivity contribution in [3.05, 3.63) is 82.4 Å². The molecule has 0 atom stereocenters. The molecule has 4 aromatic rings. The van der Waals surface area contributed by atoms with Gasteiger partial charge in [0.2, 0.25) is 5.88 Å². The zero-order valence-corrected chi connectivity index (χ0v) is 16.5. The molecule has 0 aliphatic heterocycles. The summed E-state index contributed by atoms with van der Waals surface area (Å²) in [5.41, 5.74) is 2.08. The molecule has 4 rings (SSSR count). The second-order valence-corrected chi connectivity index (χ2v) is 7.79. The molecule has 0 saturated carbocycles. The summed E-state index contributed by atoms with van der Waals surface area (Å²) in [6.45, 7) is 1.86. The quantitative estimate of drug-likeness (QED) is 0.387. The molecule has 6 nitrogen and oxygen atoms in total. The van der Waals surface area contributed by atoms with Crippen molar-refractivity contribution in [1.82, 2.24) is 9.97 Å². The fourth-order valence-electron chi connectivity index (χ4n) is 3.06. The van der Waals surface area contributed by atoms with Crippen LogP contribution in [-0.2, 0) is 6.42 Å². The molecule has 0 aliphatic carbocycles. The third kappa shape index (κ3) is 3.86. The van der Waals surface area contributed by atoms with Gasteiger partial charge < -0.3 is 20.5 Å². The lowest BCUT2D eigenvalue weighted by molar-refractivity contribution is 0.102. The summed E-state index contributed by atoms with van der Waals surface area (Å²) in [4.78, 5) is 20.8. The van der Waals surface area contributed by atoms with Crippen LogP contribution < -0.4 is 5.32 Å². The molecule has 29 heavy (non-hydrogen) atoms. The minimum Gasteiger partial charge on any atom is -0.505 e. The highest BCUT2D eigenvalue weighted by atomic mass is 32.1. The van der Waals surface area contributed by atoms with E-state index in [9.17, 15) is 15.0 Å². The zero-order valence-electron chi connectivity index (χ0n) is 15.6. The number of hydrogen-bond acceptors (Lipinski definition) is 5. The van der Waals surface area contributed by atoms with Gasteiger partial charge in [-0.1, -0.05) is 60.7 Å². The summed E-state index contributed by atoms with van der Waals surface area (Å²) in [6, 6.07) is 19.2. The number of thiazole rings is 1. The Hall–Kier alpha value is -3.58. The standard InChI is InChI=1S/C22H19N3O3S/c1-13-19(25-22(29-13)15-10-6-3-7-11-15)24-21(28)17-18(26)16(23-20(17)27)12-14-8-4-2-5-9-14/h2-11,23,26-27H,12H2,1H3,(H,24,28). The zero-order chi connectivity index (χ0) is 20.4. The van der Waals surface area contributed by atoms with Gasteiger partial charge in [-0.15, -0.1) is 11.3 Å². The number of aromatic amines is 1. The second-order valence-electron chi connectivity index (χ2n) is 6.58. The number of carbonyl (C=O) groups excluding carboxylic acids is 1. The van der Waals surface area contributed by atoms with Crippen molar-refractivity contribution in [2.24, 2.45) is 0 Å². The maximum absolute atomic E-state index is 12.7. The Kier molecular flexibility index (Phi) is 5.05. The van der Waals surface area contributed by atoms with E-state index in [0.717, 1.165) is 21.0 Å². The SMILES string of the molecule is Cc1sc(-c2ccccc2)nc1NC(=O)c1c(O)[nH]c(Cc2ccccc2)c1O. The predicted octanol–water partition coefficient (Wildman–Crippen LogP) is 4.70. The second kappa shape index (κ2) is 7.81. The number of aryl methyl sites for hydroxylation is 1. The summed E-state index contributed by atoms with van der Waals surface area (Å²) in [7, 11) is 0. The maximum atomic E-state index is 12.7. The van der Waals surface area contributed by atoms with Gasteiger partial charge in [-0.3, -0.25) is 4.79 Å². The van der Waals surface area contributed by atoms with Gasteiger partial charge in [-0.25, -0.2) is 4.98 Å². The van der Waals surface area contributed by atoms with E-state index in [1.807, 2.05) is 67.6 Å². The average molecular weight is 405 g/mol. The first kappa shape index (κ1) is 18.8. The number of benzene rings is 2. The van der Waals surface area contributed by atoms with Crippen LogP contribution in [0.5, 0.6) is 11.6 Å². The van der Waals surface area contributed by atoms with Crippen LogP contribution in [-0.4, -0.2) is 26.1 Å². The number of hydrogen-bond donors (Lipinski definition) is 4. The number of aromatic hydroxyl groups is 2. The van der Waals surface area contributed by atoms with E-state index in [1.165, 1.54) is 11.3 Å². The molecule has 1 amide bonds. The highest BCUT2D eigenvalue weighted by Gasteiger charge is 2.24. The van der Waals surface area contributed by atoms with Crippen LogP contribution in [0.4, 0.5) is 5.82 Å². The van der Waals surface area contributed by atoms with E-state index < -0.39 is 5.91 Å². The molecule has 0 unspecified atom stereocenters.